The van der Waals surface area contributed by atoms with Crippen LogP contribution < -0.4 is 0 Å². The number of furan rings is 1. The lowest BCUT2D eigenvalue weighted by molar-refractivity contribution is 0.0378. The van der Waals surface area contributed by atoms with Crippen LogP contribution in [0, 0.1) is 6.92 Å². The minimum atomic E-state index is -0.715. The molecule has 6 nitrogen and oxygen atoms in total. The largest absolute Gasteiger partial charge is 0.462 e. The molecule has 21 heavy (non-hydrogen) atoms. The Bertz CT molecular complexity index is 594. The Morgan fingerprint density at radius 2 is 2.38 bits per heavy atom. The maximum atomic E-state index is 12.4. The van der Waals surface area contributed by atoms with Crippen molar-refractivity contribution in [1.29, 1.82) is 0 Å². The number of aliphatic hydroxyl groups excluding tert-OH is 1. The van der Waals surface area contributed by atoms with Gasteiger partial charge in [-0.15, -0.1) is 11.3 Å². The van der Waals surface area contributed by atoms with Gasteiger partial charge in [0.25, 0.3) is 5.91 Å². The van der Waals surface area contributed by atoms with E-state index in [2.05, 4.69) is 4.98 Å². The third-order valence-electron chi connectivity index (χ3n) is 2.92. The molecule has 0 radical (unpaired) electrons. The van der Waals surface area contributed by atoms with Gasteiger partial charge in [-0.05, 0) is 19.1 Å². The Hall–Kier alpha value is -1.70. The zero-order chi connectivity index (χ0) is 15.4. The number of aromatic nitrogens is 1. The van der Waals surface area contributed by atoms with Crippen molar-refractivity contribution in [2.45, 2.75) is 13.0 Å². The summed E-state index contributed by atoms with van der Waals surface area (Å²) in [6, 6.07) is 3.58. The molecule has 0 aromatic carbocycles. The maximum Gasteiger partial charge on any atom is 0.273 e. The number of aryl methyl sites for hydroxylation is 1. The SMILES string of the molecule is COCC(O)CN(C)C(=O)c1nc(-c2ccco2)sc1C. The number of carbonyl (C=O) groups excluding carboxylic acids is 1. The number of hydrogen-bond donors (Lipinski definition) is 1. The Kier molecular flexibility index (Phi) is 5.11. The van der Waals surface area contributed by atoms with Crippen LogP contribution in [0.2, 0.25) is 0 Å². The van der Waals surface area contributed by atoms with Gasteiger partial charge in [-0.2, -0.15) is 0 Å². The molecule has 0 bridgehead atoms. The molecule has 1 N–H and O–H groups in total. The third kappa shape index (κ3) is 3.69. The van der Waals surface area contributed by atoms with E-state index in [0.29, 0.717) is 16.5 Å². The second kappa shape index (κ2) is 6.84. The number of amides is 1. The normalized spacial score (nSPS) is 12.4. The highest BCUT2D eigenvalue weighted by Gasteiger charge is 2.22. The Morgan fingerprint density at radius 3 is 3.00 bits per heavy atom. The number of aliphatic hydroxyl groups is 1. The van der Waals surface area contributed by atoms with E-state index < -0.39 is 6.10 Å². The summed E-state index contributed by atoms with van der Waals surface area (Å²) in [5.41, 5.74) is 0.388. The molecule has 0 aliphatic rings. The molecule has 1 atom stereocenters. The molecule has 0 aliphatic heterocycles. The van der Waals surface area contributed by atoms with Gasteiger partial charge in [0.1, 0.15) is 5.69 Å². The van der Waals surface area contributed by atoms with E-state index in [-0.39, 0.29) is 19.1 Å². The first kappa shape index (κ1) is 15.7. The Labute approximate surface area is 127 Å². The molecule has 1 amide bonds. The van der Waals surface area contributed by atoms with Crippen molar-refractivity contribution in [1.82, 2.24) is 9.88 Å². The lowest BCUT2D eigenvalue weighted by Gasteiger charge is -2.19. The topological polar surface area (TPSA) is 75.8 Å². The molecule has 2 aromatic rings. The van der Waals surface area contributed by atoms with Crippen LogP contribution in [0.3, 0.4) is 0 Å². The van der Waals surface area contributed by atoms with E-state index in [4.69, 9.17) is 9.15 Å². The maximum absolute atomic E-state index is 12.4. The van der Waals surface area contributed by atoms with Crippen molar-refractivity contribution in [3.63, 3.8) is 0 Å². The van der Waals surface area contributed by atoms with Crippen LogP contribution in [0.1, 0.15) is 15.4 Å². The van der Waals surface area contributed by atoms with Crippen LogP contribution >= 0.6 is 11.3 Å². The molecular weight excluding hydrogens is 292 g/mol. The summed E-state index contributed by atoms with van der Waals surface area (Å²) in [4.78, 5) is 19.0. The summed E-state index contributed by atoms with van der Waals surface area (Å²) in [5, 5.41) is 10.4. The highest BCUT2D eigenvalue weighted by molar-refractivity contribution is 7.15. The number of likely N-dealkylation sites (N-methyl/N-ethyl adjacent to an activating group) is 1. The van der Waals surface area contributed by atoms with E-state index in [1.54, 1.807) is 25.4 Å². The lowest BCUT2D eigenvalue weighted by atomic mass is 10.3. The highest BCUT2D eigenvalue weighted by atomic mass is 32.1. The average Bonchev–Trinajstić information content (AvgIpc) is 3.06. The van der Waals surface area contributed by atoms with Crippen molar-refractivity contribution in [3.8, 4) is 10.8 Å². The second-order valence-electron chi connectivity index (χ2n) is 4.70. The van der Waals surface area contributed by atoms with Crippen molar-refractivity contribution in [2.75, 3.05) is 27.3 Å². The second-order valence-corrected chi connectivity index (χ2v) is 5.90. The number of thiazole rings is 1. The number of methoxy groups -OCH3 is 1. The van der Waals surface area contributed by atoms with Crippen molar-refractivity contribution >= 4 is 17.2 Å². The van der Waals surface area contributed by atoms with E-state index in [0.717, 1.165) is 4.88 Å². The fourth-order valence-electron chi connectivity index (χ4n) is 1.93. The molecule has 7 heteroatoms. The summed E-state index contributed by atoms with van der Waals surface area (Å²) in [6.45, 7) is 2.22. The monoisotopic (exact) mass is 310 g/mol. The fraction of sp³-hybridized carbons (Fsp3) is 0.429. The minimum absolute atomic E-state index is 0.186. The smallest absolute Gasteiger partial charge is 0.273 e. The van der Waals surface area contributed by atoms with Crippen molar-refractivity contribution in [3.05, 3.63) is 29.0 Å². The van der Waals surface area contributed by atoms with Crippen LogP contribution in [0.5, 0.6) is 0 Å². The standard InChI is InChI=1S/C14H18N2O4S/c1-9-12(14(18)16(2)7-10(17)8-19-3)15-13(21-9)11-5-4-6-20-11/h4-6,10,17H,7-8H2,1-3H3. The predicted molar refractivity (Wildman–Crippen MR) is 79.4 cm³/mol. The van der Waals surface area contributed by atoms with Gasteiger partial charge >= 0.3 is 0 Å². The minimum Gasteiger partial charge on any atom is -0.462 e. The van der Waals surface area contributed by atoms with E-state index >= 15 is 0 Å². The average molecular weight is 310 g/mol. The van der Waals surface area contributed by atoms with Gasteiger partial charge < -0.3 is 19.2 Å². The summed E-state index contributed by atoms with van der Waals surface area (Å²) in [7, 11) is 3.14. The van der Waals surface area contributed by atoms with E-state index in [1.807, 2.05) is 6.92 Å². The molecule has 0 fully saturated rings. The van der Waals surface area contributed by atoms with Gasteiger partial charge in [-0.1, -0.05) is 0 Å². The quantitative estimate of drug-likeness (QED) is 0.880. The Morgan fingerprint density at radius 1 is 1.62 bits per heavy atom. The summed E-state index contributed by atoms with van der Waals surface area (Å²) in [5.74, 6) is 0.418. The van der Waals surface area contributed by atoms with Gasteiger partial charge in [-0.25, -0.2) is 4.98 Å². The van der Waals surface area contributed by atoms with Crippen LogP contribution in [0.25, 0.3) is 10.8 Å². The van der Waals surface area contributed by atoms with Crippen LogP contribution in [-0.2, 0) is 4.74 Å². The van der Waals surface area contributed by atoms with Gasteiger partial charge in [0.05, 0.1) is 19.0 Å². The molecule has 0 saturated carbocycles. The van der Waals surface area contributed by atoms with Crippen molar-refractivity contribution < 1.29 is 19.1 Å². The summed E-state index contributed by atoms with van der Waals surface area (Å²) < 4.78 is 10.1. The zero-order valence-electron chi connectivity index (χ0n) is 12.2. The van der Waals surface area contributed by atoms with Gasteiger partial charge in [0.2, 0.25) is 0 Å². The molecular formula is C14H18N2O4S. The lowest BCUT2D eigenvalue weighted by Crippen LogP contribution is -2.36. The first-order valence-corrected chi connectivity index (χ1v) is 7.28. The fourth-order valence-corrected chi connectivity index (χ4v) is 2.80. The first-order valence-electron chi connectivity index (χ1n) is 6.46. The van der Waals surface area contributed by atoms with Crippen LogP contribution in [0.4, 0.5) is 0 Å². The third-order valence-corrected chi connectivity index (χ3v) is 3.91. The number of hydrogen-bond acceptors (Lipinski definition) is 6. The summed E-state index contributed by atoms with van der Waals surface area (Å²) >= 11 is 1.41. The van der Waals surface area contributed by atoms with Gasteiger partial charge in [-0.3, -0.25) is 4.79 Å². The van der Waals surface area contributed by atoms with Crippen LogP contribution in [0.15, 0.2) is 22.8 Å². The number of rotatable bonds is 6. The molecule has 0 saturated heterocycles. The van der Waals surface area contributed by atoms with Gasteiger partial charge in [0.15, 0.2) is 10.8 Å². The highest BCUT2D eigenvalue weighted by Crippen LogP contribution is 2.28. The predicted octanol–water partition coefficient (Wildman–Crippen LogP) is 1.79. The van der Waals surface area contributed by atoms with Gasteiger partial charge in [0, 0.05) is 25.6 Å². The molecule has 2 heterocycles. The molecule has 2 rings (SSSR count). The number of carbonyl (C=O) groups is 1. The molecule has 114 valence electrons. The molecule has 2 aromatic heterocycles. The molecule has 0 spiro atoms. The zero-order valence-corrected chi connectivity index (χ0v) is 13.0. The molecule has 0 aliphatic carbocycles. The Balaban J connectivity index is 2.12. The van der Waals surface area contributed by atoms with E-state index in [1.165, 1.54) is 23.3 Å². The number of ether oxygens (including phenoxy) is 1. The number of nitrogens with zero attached hydrogens (tertiary/aromatic N) is 2. The van der Waals surface area contributed by atoms with Crippen molar-refractivity contribution in [2.24, 2.45) is 0 Å². The van der Waals surface area contributed by atoms with Crippen LogP contribution in [-0.4, -0.2) is 54.3 Å². The molecule has 1 unspecified atom stereocenters. The summed E-state index contributed by atoms with van der Waals surface area (Å²) in [6.07, 6.45) is 0.855. The van der Waals surface area contributed by atoms with E-state index in [9.17, 15) is 9.90 Å². The first-order chi connectivity index (χ1) is 10.0.